The Kier molecular flexibility index (Phi) is 9.23. The summed E-state index contributed by atoms with van der Waals surface area (Å²) in [5, 5.41) is 14.5. The highest BCUT2D eigenvalue weighted by atomic mass is 16.5. The summed E-state index contributed by atoms with van der Waals surface area (Å²) < 4.78 is 5.69. The third-order valence-corrected chi connectivity index (χ3v) is 5.81. The minimum absolute atomic E-state index is 0.0404. The van der Waals surface area contributed by atoms with Gasteiger partial charge in [0, 0.05) is 17.8 Å². The SMILES string of the molecule is O=C(O)CCNC(=O)c1ccc(NC(C=Cc2ccccc2)C(=O)Oc2ccc(-c3ccccc3)cc2)cc1. The number of ether oxygens (including phenoxy) is 1. The van der Waals surface area contributed by atoms with E-state index >= 15 is 0 Å². The third kappa shape index (κ3) is 8.16. The van der Waals surface area contributed by atoms with Crippen molar-refractivity contribution >= 4 is 29.6 Å². The lowest BCUT2D eigenvalue weighted by atomic mass is 10.1. The number of nitrogens with one attached hydrogen (secondary N) is 2. The van der Waals surface area contributed by atoms with Gasteiger partial charge >= 0.3 is 11.9 Å². The molecule has 1 unspecified atom stereocenters. The molecule has 0 aromatic heterocycles. The summed E-state index contributed by atoms with van der Waals surface area (Å²) in [5.41, 5.74) is 4.00. The fourth-order valence-electron chi connectivity index (χ4n) is 3.77. The van der Waals surface area contributed by atoms with Crippen LogP contribution in [0.1, 0.15) is 22.3 Å². The normalized spacial score (nSPS) is 11.5. The highest BCUT2D eigenvalue weighted by Crippen LogP contribution is 2.23. The zero-order valence-electron chi connectivity index (χ0n) is 21.1. The first-order valence-electron chi connectivity index (χ1n) is 12.4. The number of carbonyl (C=O) groups excluding carboxylic acids is 2. The Morgan fingerprint density at radius 3 is 2.03 bits per heavy atom. The van der Waals surface area contributed by atoms with Crippen LogP contribution in [-0.2, 0) is 9.59 Å². The van der Waals surface area contributed by atoms with Crippen molar-refractivity contribution < 1.29 is 24.2 Å². The summed E-state index contributed by atoms with van der Waals surface area (Å²) in [6.45, 7) is 0.0404. The van der Waals surface area contributed by atoms with Gasteiger partial charge in [-0.15, -0.1) is 0 Å². The second kappa shape index (κ2) is 13.4. The molecular formula is C32H28N2O5. The van der Waals surface area contributed by atoms with Gasteiger partial charge in [0.15, 0.2) is 0 Å². The molecule has 3 N–H and O–H groups in total. The van der Waals surface area contributed by atoms with E-state index in [2.05, 4.69) is 10.6 Å². The topological polar surface area (TPSA) is 105 Å². The van der Waals surface area contributed by atoms with E-state index in [0.717, 1.165) is 16.7 Å². The van der Waals surface area contributed by atoms with Gasteiger partial charge in [-0.25, -0.2) is 4.79 Å². The lowest BCUT2D eigenvalue weighted by molar-refractivity contribution is -0.137. The molecule has 4 aromatic rings. The van der Waals surface area contributed by atoms with Gasteiger partial charge in [0.05, 0.1) is 6.42 Å². The highest BCUT2D eigenvalue weighted by molar-refractivity contribution is 5.94. The first-order chi connectivity index (χ1) is 19.0. The van der Waals surface area contributed by atoms with Crippen molar-refractivity contribution in [3.05, 3.63) is 126 Å². The smallest absolute Gasteiger partial charge is 0.338 e. The molecule has 0 heterocycles. The van der Waals surface area contributed by atoms with Crippen molar-refractivity contribution in [2.75, 3.05) is 11.9 Å². The standard InChI is InChI=1S/C32H28N2O5/c35-30(36)21-22-33-31(37)26-12-16-27(17-13-26)34-29(20-11-23-7-3-1-4-8-23)32(38)39-28-18-14-25(15-19-28)24-9-5-2-6-10-24/h1-20,29,34H,21-22H2,(H,33,37)(H,35,36). The van der Waals surface area contributed by atoms with Gasteiger partial charge in [-0.2, -0.15) is 0 Å². The molecule has 7 heteroatoms. The first-order valence-corrected chi connectivity index (χ1v) is 12.4. The van der Waals surface area contributed by atoms with Crippen molar-refractivity contribution in [2.45, 2.75) is 12.5 Å². The lowest BCUT2D eigenvalue weighted by Crippen LogP contribution is -2.31. The van der Waals surface area contributed by atoms with Crippen LogP contribution in [0.3, 0.4) is 0 Å². The number of esters is 1. The zero-order valence-corrected chi connectivity index (χ0v) is 21.1. The monoisotopic (exact) mass is 520 g/mol. The molecule has 0 aliphatic rings. The Labute approximate surface area is 226 Å². The maximum absolute atomic E-state index is 13.2. The van der Waals surface area contributed by atoms with Gasteiger partial charge in [0.2, 0.25) is 0 Å². The molecule has 7 nitrogen and oxygen atoms in total. The predicted molar refractivity (Wildman–Crippen MR) is 151 cm³/mol. The Bertz CT molecular complexity index is 1420. The number of hydrogen-bond acceptors (Lipinski definition) is 5. The Hall–Kier alpha value is -5.17. The van der Waals surface area contributed by atoms with Crippen LogP contribution in [0.2, 0.25) is 0 Å². The van der Waals surface area contributed by atoms with Gasteiger partial charge in [-0.3, -0.25) is 9.59 Å². The summed E-state index contributed by atoms with van der Waals surface area (Å²) in [6.07, 6.45) is 3.40. The molecule has 1 atom stereocenters. The van der Waals surface area contributed by atoms with Crippen LogP contribution < -0.4 is 15.4 Å². The largest absolute Gasteiger partial charge is 0.481 e. The summed E-state index contributed by atoms with van der Waals surface area (Å²) in [6, 6.07) is 32.6. The predicted octanol–water partition coefficient (Wildman–Crippen LogP) is 5.66. The fourth-order valence-corrected chi connectivity index (χ4v) is 3.77. The quantitative estimate of drug-likeness (QED) is 0.174. The number of carboxylic acids is 1. The zero-order chi connectivity index (χ0) is 27.5. The number of amides is 1. The van der Waals surface area contributed by atoms with Crippen LogP contribution in [-0.4, -0.2) is 35.5 Å². The maximum Gasteiger partial charge on any atom is 0.338 e. The summed E-state index contributed by atoms with van der Waals surface area (Å²) in [5.74, 6) is -1.43. The fraction of sp³-hybridized carbons (Fsp3) is 0.0938. The van der Waals surface area contributed by atoms with Crippen LogP contribution in [0.5, 0.6) is 5.75 Å². The van der Waals surface area contributed by atoms with Gasteiger partial charge in [0.25, 0.3) is 5.91 Å². The second-order valence-electron chi connectivity index (χ2n) is 8.68. The van der Waals surface area contributed by atoms with Crippen molar-refractivity contribution in [3.8, 4) is 16.9 Å². The van der Waals surface area contributed by atoms with E-state index in [9.17, 15) is 14.4 Å². The highest BCUT2D eigenvalue weighted by Gasteiger charge is 2.18. The second-order valence-corrected chi connectivity index (χ2v) is 8.68. The number of anilines is 1. The summed E-state index contributed by atoms with van der Waals surface area (Å²) in [7, 11) is 0. The lowest BCUT2D eigenvalue weighted by Gasteiger charge is -2.16. The van der Waals surface area contributed by atoms with E-state index in [1.807, 2.05) is 78.9 Å². The number of rotatable bonds is 11. The third-order valence-electron chi connectivity index (χ3n) is 5.81. The molecule has 0 spiro atoms. The molecule has 1 amide bonds. The molecule has 4 rings (SSSR count). The van der Waals surface area contributed by atoms with E-state index in [1.54, 1.807) is 42.5 Å². The first kappa shape index (κ1) is 26.9. The van der Waals surface area contributed by atoms with E-state index in [0.29, 0.717) is 17.0 Å². The molecule has 39 heavy (non-hydrogen) atoms. The summed E-state index contributed by atoms with van der Waals surface area (Å²) in [4.78, 5) is 36.1. The molecule has 0 bridgehead atoms. The van der Waals surface area contributed by atoms with E-state index in [-0.39, 0.29) is 18.9 Å². The van der Waals surface area contributed by atoms with Crippen LogP contribution >= 0.6 is 0 Å². The number of benzene rings is 4. The minimum atomic E-state index is -0.983. The molecule has 0 radical (unpaired) electrons. The van der Waals surface area contributed by atoms with Crippen LogP contribution in [0.25, 0.3) is 17.2 Å². The van der Waals surface area contributed by atoms with Gasteiger partial charge in [-0.05, 0) is 53.1 Å². The molecule has 0 aliphatic heterocycles. The minimum Gasteiger partial charge on any atom is -0.481 e. The molecule has 0 aliphatic carbocycles. The number of aliphatic carboxylic acids is 1. The molecule has 0 saturated heterocycles. The van der Waals surface area contributed by atoms with Gasteiger partial charge in [-0.1, -0.05) is 84.9 Å². The number of carbonyl (C=O) groups is 3. The van der Waals surface area contributed by atoms with Crippen LogP contribution in [0, 0.1) is 0 Å². The molecule has 0 fully saturated rings. The Morgan fingerprint density at radius 1 is 0.769 bits per heavy atom. The molecule has 196 valence electrons. The number of carboxylic acid groups (broad SMARTS) is 1. The van der Waals surface area contributed by atoms with Crippen LogP contribution in [0.15, 0.2) is 115 Å². The number of hydrogen-bond donors (Lipinski definition) is 3. The average molecular weight is 521 g/mol. The average Bonchev–Trinajstić information content (AvgIpc) is 2.96. The molecule has 4 aromatic carbocycles. The van der Waals surface area contributed by atoms with E-state index in [1.165, 1.54) is 0 Å². The molecule has 0 saturated carbocycles. The molecular weight excluding hydrogens is 492 g/mol. The van der Waals surface area contributed by atoms with E-state index < -0.39 is 18.0 Å². The Morgan fingerprint density at radius 2 is 1.38 bits per heavy atom. The summed E-state index contributed by atoms with van der Waals surface area (Å²) >= 11 is 0. The van der Waals surface area contributed by atoms with Crippen LogP contribution in [0.4, 0.5) is 5.69 Å². The van der Waals surface area contributed by atoms with Gasteiger partial charge < -0.3 is 20.5 Å². The maximum atomic E-state index is 13.2. The van der Waals surface area contributed by atoms with Crippen molar-refractivity contribution in [1.82, 2.24) is 5.32 Å². The Balaban J connectivity index is 1.46. The van der Waals surface area contributed by atoms with Crippen molar-refractivity contribution in [3.63, 3.8) is 0 Å². The van der Waals surface area contributed by atoms with Crippen molar-refractivity contribution in [2.24, 2.45) is 0 Å². The van der Waals surface area contributed by atoms with Gasteiger partial charge in [0.1, 0.15) is 11.8 Å². The van der Waals surface area contributed by atoms with Crippen molar-refractivity contribution in [1.29, 1.82) is 0 Å². The van der Waals surface area contributed by atoms with E-state index in [4.69, 9.17) is 9.84 Å².